The molecule has 0 atom stereocenters. The molecule has 8 nitrogen and oxygen atoms in total. The van der Waals surface area contributed by atoms with Crippen molar-refractivity contribution in [3.63, 3.8) is 0 Å². The number of aliphatic imine (C=N–C) groups is 1. The Labute approximate surface area is 172 Å². The zero-order chi connectivity index (χ0) is 20.6. The van der Waals surface area contributed by atoms with Gasteiger partial charge in [-0.3, -0.25) is 14.7 Å². The summed E-state index contributed by atoms with van der Waals surface area (Å²) in [6.45, 7) is 8.24. The van der Waals surface area contributed by atoms with Crippen molar-refractivity contribution >= 4 is 11.9 Å². The van der Waals surface area contributed by atoms with Crippen molar-refractivity contribution in [1.82, 2.24) is 25.4 Å². The molecule has 3 rings (SSSR count). The predicted molar refractivity (Wildman–Crippen MR) is 113 cm³/mol. The molecule has 0 unspecified atom stereocenters. The normalized spacial score (nSPS) is 15.6. The van der Waals surface area contributed by atoms with Crippen molar-refractivity contribution in [2.75, 3.05) is 39.8 Å². The van der Waals surface area contributed by atoms with Gasteiger partial charge in [0.25, 0.3) is 0 Å². The Kier molecular flexibility index (Phi) is 7.24. The summed E-state index contributed by atoms with van der Waals surface area (Å²) < 4.78 is 5.59. The number of carbonyl (C=O) groups excluding carboxylic acids is 1. The third-order valence-corrected chi connectivity index (χ3v) is 4.70. The quantitative estimate of drug-likeness (QED) is 0.567. The summed E-state index contributed by atoms with van der Waals surface area (Å²) in [6, 6.07) is 10.0. The van der Waals surface area contributed by atoms with E-state index in [-0.39, 0.29) is 11.9 Å². The zero-order valence-corrected chi connectivity index (χ0v) is 17.4. The Morgan fingerprint density at radius 3 is 2.59 bits per heavy atom. The van der Waals surface area contributed by atoms with Gasteiger partial charge < -0.3 is 20.0 Å². The van der Waals surface area contributed by atoms with Gasteiger partial charge in [0, 0.05) is 44.8 Å². The van der Waals surface area contributed by atoms with Crippen LogP contribution in [-0.4, -0.2) is 72.5 Å². The Hall–Kier alpha value is -2.87. The summed E-state index contributed by atoms with van der Waals surface area (Å²) in [7, 11) is 1.78. The number of guanidine groups is 1. The maximum absolute atomic E-state index is 11.9. The predicted octanol–water partition coefficient (Wildman–Crippen LogP) is 1.56. The lowest BCUT2D eigenvalue weighted by Crippen LogP contribution is -2.54. The second kappa shape index (κ2) is 10.1. The molecular weight excluding hydrogens is 368 g/mol. The minimum atomic E-state index is 0.0798. The molecule has 0 radical (unpaired) electrons. The number of nitrogens with zero attached hydrogens (tertiary/aromatic N) is 4. The van der Waals surface area contributed by atoms with Crippen LogP contribution in [0.1, 0.15) is 19.5 Å². The van der Waals surface area contributed by atoms with Crippen LogP contribution >= 0.6 is 0 Å². The highest BCUT2D eigenvalue weighted by Gasteiger charge is 2.21. The maximum atomic E-state index is 11.9. The van der Waals surface area contributed by atoms with E-state index < -0.39 is 0 Å². The Balaban J connectivity index is 1.47. The van der Waals surface area contributed by atoms with Crippen molar-refractivity contribution in [3.8, 4) is 11.5 Å². The van der Waals surface area contributed by atoms with Crippen molar-refractivity contribution in [1.29, 1.82) is 0 Å². The van der Waals surface area contributed by atoms with E-state index in [4.69, 9.17) is 4.42 Å². The minimum absolute atomic E-state index is 0.0798. The first-order valence-corrected chi connectivity index (χ1v) is 10.0. The summed E-state index contributed by atoms with van der Waals surface area (Å²) in [6.07, 6.45) is 1.67. The first-order chi connectivity index (χ1) is 14.0. The Morgan fingerprint density at radius 1 is 1.21 bits per heavy atom. The third kappa shape index (κ3) is 6.05. The average molecular weight is 399 g/mol. The lowest BCUT2D eigenvalue weighted by atomic mass is 10.2. The van der Waals surface area contributed by atoms with Crippen molar-refractivity contribution in [2.24, 2.45) is 4.99 Å². The zero-order valence-electron chi connectivity index (χ0n) is 17.4. The molecule has 1 fully saturated rings. The van der Waals surface area contributed by atoms with Gasteiger partial charge in [0.2, 0.25) is 11.8 Å². The van der Waals surface area contributed by atoms with E-state index in [0.29, 0.717) is 19.0 Å². The van der Waals surface area contributed by atoms with E-state index in [0.717, 1.165) is 43.4 Å². The van der Waals surface area contributed by atoms with Gasteiger partial charge in [-0.1, -0.05) is 18.2 Å². The topological polar surface area (TPSA) is 86.0 Å². The van der Waals surface area contributed by atoms with Gasteiger partial charge in [0.05, 0.1) is 18.8 Å². The van der Waals surface area contributed by atoms with Crippen molar-refractivity contribution in [2.45, 2.75) is 26.4 Å². The fourth-order valence-corrected chi connectivity index (χ4v) is 3.29. The highest BCUT2D eigenvalue weighted by molar-refractivity contribution is 5.80. The highest BCUT2D eigenvalue weighted by Crippen LogP contribution is 2.17. The van der Waals surface area contributed by atoms with E-state index in [9.17, 15) is 4.79 Å². The van der Waals surface area contributed by atoms with Gasteiger partial charge in [0.15, 0.2) is 5.96 Å². The van der Waals surface area contributed by atoms with Crippen LogP contribution in [0.15, 0.2) is 46.0 Å². The molecule has 156 valence electrons. The minimum Gasteiger partial charge on any atom is -0.444 e. The molecule has 0 spiro atoms. The van der Waals surface area contributed by atoms with Gasteiger partial charge in [0.1, 0.15) is 6.26 Å². The van der Waals surface area contributed by atoms with Crippen LogP contribution in [0.4, 0.5) is 0 Å². The van der Waals surface area contributed by atoms with Crippen LogP contribution in [0, 0.1) is 0 Å². The second-order valence-electron chi connectivity index (χ2n) is 7.40. The summed E-state index contributed by atoms with van der Waals surface area (Å²) in [4.78, 5) is 25.3. The summed E-state index contributed by atoms with van der Waals surface area (Å²) >= 11 is 0. The first-order valence-electron chi connectivity index (χ1n) is 10.0. The number of hydrogen-bond donors (Lipinski definition) is 2. The first kappa shape index (κ1) is 20.9. The molecule has 0 bridgehead atoms. The molecule has 1 aromatic heterocycles. The van der Waals surface area contributed by atoms with E-state index in [1.54, 1.807) is 13.3 Å². The average Bonchev–Trinajstić information content (AvgIpc) is 3.19. The van der Waals surface area contributed by atoms with Crippen LogP contribution in [0.3, 0.4) is 0 Å². The van der Waals surface area contributed by atoms with Gasteiger partial charge in [-0.15, -0.1) is 0 Å². The maximum Gasteiger partial charge on any atom is 0.234 e. The number of aromatic nitrogens is 1. The third-order valence-electron chi connectivity index (χ3n) is 4.70. The molecule has 8 heteroatoms. The number of nitrogens with one attached hydrogen (secondary N) is 2. The van der Waals surface area contributed by atoms with Gasteiger partial charge >= 0.3 is 0 Å². The van der Waals surface area contributed by atoms with Crippen LogP contribution in [-0.2, 0) is 11.3 Å². The number of carbonyl (C=O) groups is 1. The fourth-order valence-electron chi connectivity index (χ4n) is 3.29. The summed E-state index contributed by atoms with van der Waals surface area (Å²) in [5, 5.41) is 6.30. The lowest BCUT2D eigenvalue weighted by molar-refractivity contribution is -0.123. The summed E-state index contributed by atoms with van der Waals surface area (Å²) in [5.74, 6) is 1.53. The fraction of sp³-hybridized carbons (Fsp3) is 0.476. The lowest BCUT2D eigenvalue weighted by Gasteiger charge is -2.36. The summed E-state index contributed by atoms with van der Waals surface area (Å²) in [5.41, 5.74) is 1.79. The number of benzene rings is 1. The second-order valence-corrected chi connectivity index (χ2v) is 7.40. The highest BCUT2D eigenvalue weighted by atomic mass is 16.3. The van der Waals surface area contributed by atoms with Crippen LogP contribution in [0.5, 0.6) is 0 Å². The SMILES string of the molecule is CN=C(NCc1coc(-c2ccccc2)n1)N1CCN(CC(=O)NC(C)C)CC1. The molecular formula is C21H30N6O2. The number of hydrogen-bond acceptors (Lipinski definition) is 5. The molecule has 1 aliphatic rings. The van der Waals surface area contributed by atoms with Crippen LogP contribution in [0.25, 0.3) is 11.5 Å². The van der Waals surface area contributed by atoms with E-state index >= 15 is 0 Å². The molecule has 1 aromatic carbocycles. The molecule has 2 N–H and O–H groups in total. The smallest absolute Gasteiger partial charge is 0.234 e. The van der Waals surface area contributed by atoms with Crippen LogP contribution in [0.2, 0.25) is 0 Å². The van der Waals surface area contributed by atoms with Crippen molar-refractivity contribution in [3.05, 3.63) is 42.3 Å². The Morgan fingerprint density at radius 2 is 1.93 bits per heavy atom. The molecule has 0 aliphatic carbocycles. The van der Waals surface area contributed by atoms with E-state index in [1.165, 1.54) is 0 Å². The molecule has 2 heterocycles. The molecule has 0 saturated carbocycles. The van der Waals surface area contributed by atoms with Gasteiger partial charge in [-0.2, -0.15) is 0 Å². The van der Waals surface area contributed by atoms with Gasteiger partial charge in [-0.25, -0.2) is 4.98 Å². The van der Waals surface area contributed by atoms with Gasteiger partial charge in [-0.05, 0) is 26.0 Å². The Bertz CT molecular complexity index is 810. The van der Waals surface area contributed by atoms with E-state index in [1.807, 2.05) is 44.2 Å². The van der Waals surface area contributed by atoms with E-state index in [2.05, 4.69) is 30.4 Å². The number of amides is 1. The number of piperazine rings is 1. The standard InChI is InChI=1S/C21H30N6O2/c1-16(2)24-19(28)14-26-9-11-27(12-10-26)21(22-3)23-13-18-15-29-20(25-18)17-7-5-4-6-8-17/h4-8,15-16H,9-14H2,1-3H3,(H,22,23)(H,24,28). The largest absolute Gasteiger partial charge is 0.444 e. The molecule has 1 aliphatic heterocycles. The van der Waals surface area contributed by atoms with Crippen molar-refractivity contribution < 1.29 is 9.21 Å². The molecule has 29 heavy (non-hydrogen) atoms. The molecule has 1 amide bonds. The van der Waals surface area contributed by atoms with Crippen LogP contribution < -0.4 is 10.6 Å². The number of rotatable bonds is 6. The number of oxazole rings is 1. The molecule has 1 saturated heterocycles. The molecule has 2 aromatic rings. The monoisotopic (exact) mass is 398 g/mol.